The van der Waals surface area contributed by atoms with Crippen molar-refractivity contribution in [1.82, 2.24) is 10.3 Å². The molecule has 0 radical (unpaired) electrons. The van der Waals surface area contributed by atoms with Crippen LogP contribution in [0.15, 0.2) is 22.6 Å². The summed E-state index contributed by atoms with van der Waals surface area (Å²) in [6.07, 6.45) is 0.723. The van der Waals surface area contributed by atoms with E-state index in [0.717, 1.165) is 0 Å². The molecule has 1 fully saturated rings. The van der Waals surface area contributed by atoms with Gasteiger partial charge in [0.05, 0.1) is 0 Å². The number of hydrogen-bond donors (Lipinski definition) is 1. The summed E-state index contributed by atoms with van der Waals surface area (Å²) in [6, 6.07) is 5.08. The van der Waals surface area contributed by atoms with Crippen molar-refractivity contribution in [3.8, 4) is 0 Å². The first kappa shape index (κ1) is 11.2. The number of benzene rings is 1. The van der Waals surface area contributed by atoms with Gasteiger partial charge in [0.2, 0.25) is 17.7 Å². The number of piperidine rings is 1. The van der Waals surface area contributed by atoms with Crippen molar-refractivity contribution in [3.63, 3.8) is 0 Å². The number of nitrogens with zero attached hydrogens (tertiary/aromatic N) is 1. The quantitative estimate of drug-likeness (QED) is 0.800. The topological polar surface area (TPSA) is 72.2 Å². The fourth-order valence-corrected chi connectivity index (χ4v) is 2.16. The zero-order valence-electron chi connectivity index (χ0n) is 9.27. The minimum absolute atomic E-state index is 0.254. The Balaban J connectivity index is 1.99. The van der Waals surface area contributed by atoms with Gasteiger partial charge in [0, 0.05) is 11.4 Å². The van der Waals surface area contributed by atoms with Crippen molar-refractivity contribution in [1.29, 1.82) is 0 Å². The molecule has 1 atom stereocenters. The maximum absolute atomic E-state index is 11.7. The molecule has 1 aromatic heterocycles. The van der Waals surface area contributed by atoms with Gasteiger partial charge in [-0.15, -0.1) is 0 Å². The van der Waals surface area contributed by atoms with Crippen LogP contribution in [0.25, 0.3) is 11.1 Å². The van der Waals surface area contributed by atoms with Crippen LogP contribution in [0.5, 0.6) is 0 Å². The van der Waals surface area contributed by atoms with E-state index in [0.29, 0.717) is 34.9 Å². The van der Waals surface area contributed by atoms with Crippen LogP contribution >= 0.6 is 11.6 Å². The van der Waals surface area contributed by atoms with Crippen LogP contribution in [0, 0.1) is 0 Å². The molecule has 6 heteroatoms. The number of oxazole rings is 1. The minimum Gasteiger partial charge on any atom is -0.440 e. The molecule has 0 spiro atoms. The van der Waals surface area contributed by atoms with Gasteiger partial charge in [0.25, 0.3) is 0 Å². The molecular weight excluding hydrogens is 256 g/mol. The molecule has 18 heavy (non-hydrogen) atoms. The van der Waals surface area contributed by atoms with E-state index in [1.807, 2.05) is 0 Å². The Hall–Kier alpha value is -1.88. The summed E-state index contributed by atoms with van der Waals surface area (Å²) in [5, 5.41) is 2.84. The molecule has 5 nitrogen and oxygen atoms in total. The highest BCUT2D eigenvalue weighted by molar-refractivity contribution is 6.31. The highest BCUT2D eigenvalue weighted by Crippen LogP contribution is 2.28. The van der Waals surface area contributed by atoms with Gasteiger partial charge < -0.3 is 4.42 Å². The summed E-state index contributed by atoms with van der Waals surface area (Å²) in [5.74, 6) is -0.787. The molecule has 1 aliphatic rings. The fraction of sp³-hybridized carbons (Fsp3) is 0.250. The molecule has 1 aliphatic heterocycles. The van der Waals surface area contributed by atoms with Crippen molar-refractivity contribution in [3.05, 3.63) is 29.1 Å². The second-order valence-corrected chi connectivity index (χ2v) is 4.60. The molecule has 1 N–H and O–H groups in total. The van der Waals surface area contributed by atoms with Crippen molar-refractivity contribution in [2.45, 2.75) is 18.8 Å². The molecule has 2 aromatic rings. The minimum atomic E-state index is -0.506. The Labute approximate surface area is 107 Å². The molecular formula is C12H9ClN2O3. The highest BCUT2D eigenvalue weighted by atomic mass is 35.5. The molecule has 3 rings (SSSR count). The van der Waals surface area contributed by atoms with Crippen molar-refractivity contribution < 1.29 is 14.0 Å². The number of carbonyl (C=O) groups is 2. The van der Waals surface area contributed by atoms with E-state index in [1.54, 1.807) is 18.2 Å². The van der Waals surface area contributed by atoms with Crippen molar-refractivity contribution >= 4 is 34.5 Å². The predicted octanol–water partition coefficient (Wildman–Crippen LogP) is 2.00. The van der Waals surface area contributed by atoms with Gasteiger partial charge in [-0.1, -0.05) is 11.6 Å². The summed E-state index contributed by atoms with van der Waals surface area (Å²) in [4.78, 5) is 27.0. The molecule has 1 unspecified atom stereocenters. The number of halogens is 1. The third-order valence-electron chi connectivity index (χ3n) is 2.90. The third kappa shape index (κ3) is 1.86. The van der Waals surface area contributed by atoms with Gasteiger partial charge in [0.15, 0.2) is 5.58 Å². The van der Waals surface area contributed by atoms with Crippen LogP contribution in [0.1, 0.15) is 24.7 Å². The molecule has 92 valence electrons. The lowest BCUT2D eigenvalue weighted by molar-refractivity contribution is -0.134. The van der Waals surface area contributed by atoms with Crippen LogP contribution < -0.4 is 5.32 Å². The summed E-state index contributed by atoms with van der Waals surface area (Å²) in [7, 11) is 0. The SMILES string of the molecule is O=C1CCC(c2nc3cc(Cl)ccc3o2)C(=O)N1. The summed E-state index contributed by atoms with van der Waals surface area (Å²) < 4.78 is 5.53. The van der Waals surface area contributed by atoms with Crippen molar-refractivity contribution in [2.75, 3.05) is 0 Å². The molecule has 0 aliphatic carbocycles. The lowest BCUT2D eigenvalue weighted by atomic mass is 9.98. The monoisotopic (exact) mass is 264 g/mol. The summed E-state index contributed by atoms with van der Waals surface area (Å²) in [6.45, 7) is 0. The number of imide groups is 1. The third-order valence-corrected chi connectivity index (χ3v) is 3.14. The summed E-state index contributed by atoms with van der Waals surface area (Å²) >= 11 is 5.86. The Bertz CT molecular complexity index is 650. The van der Waals surface area contributed by atoms with E-state index >= 15 is 0 Å². The van der Waals surface area contributed by atoms with E-state index in [4.69, 9.17) is 16.0 Å². The Morgan fingerprint density at radius 1 is 1.39 bits per heavy atom. The van der Waals surface area contributed by atoms with E-state index < -0.39 is 5.92 Å². The predicted molar refractivity (Wildman–Crippen MR) is 64.1 cm³/mol. The van der Waals surface area contributed by atoms with E-state index in [2.05, 4.69) is 10.3 Å². The van der Waals surface area contributed by atoms with Crippen molar-refractivity contribution in [2.24, 2.45) is 0 Å². The highest BCUT2D eigenvalue weighted by Gasteiger charge is 2.31. The van der Waals surface area contributed by atoms with Crippen LogP contribution in [-0.4, -0.2) is 16.8 Å². The number of carbonyl (C=O) groups excluding carboxylic acids is 2. The van der Waals surface area contributed by atoms with Gasteiger partial charge in [-0.05, 0) is 24.6 Å². The smallest absolute Gasteiger partial charge is 0.239 e. The van der Waals surface area contributed by atoms with E-state index in [9.17, 15) is 9.59 Å². The van der Waals surface area contributed by atoms with Gasteiger partial charge in [-0.2, -0.15) is 0 Å². The van der Waals surface area contributed by atoms with Crippen LogP contribution in [0.4, 0.5) is 0 Å². The zero-order chi connectivity index (χ0) is 12.7. The normalized spacial score (nSPS) is 20.2. The van der Waals surface area contributed by atoms with Crippen LogP contribution in [0.2, 0.25) is 5.02 Å². The first-order chi connectivity index (χ1) is 8.63. The zero-order valence-corrected chi connectivity index (χ0v) is 10.0. The number of hydrogen-bond acceptors (Lipinski definition) is 4. The lowest BCUT2D eigenvalue weighted by Gasteiger charge is -2.17. The maximum Gasteiger partial charge on any atom is 0.239 e. The first-order valence-corrected chi connectivity index (χ1v) is 5.91. The van der Waals surface area contributed by atoms with Crippen LogP contribution in [-0.2, 0) is 9.59 Å². The maximum atomic E-state index is 11.7. The summed E-state index contributed by atoms with van der Waals surface area (Å²) in [5.41, 5.74) is 1.20. The average molecular weight is 265 g/mol. The van der Waals surface area contributed by atoms with Crippen LogP contribution in [0.3, 0.4) is 0 Å². The number of amides is 2. The number of aromatic nitrogens is 1. The van der Waals surface area contributed by atoms with E-state index in [1.165, 1.54) is 0 Å². The van der Waals surface area contributed by atoms with Gasteiger partial charge in [-0.25, -0.2) is 4.98 Å². The molecule has 2 heterocycles. The van der Waals surface area contributed by atoms with Gasteiger partial charge in [-0.3, -0.25) is 14.9 Å². The lowest BCUT2D eigenvalue weighted by Crippen LogP contribution is -2.39. The molecule has 2 amide bonds. The molecule has 0 saturated carbocycles. The van der Waals surface area contributed by atoms with Gasteiger partial charge >= 0.3 is 0 Å². The second-order valence-electron chi connectivity index (χ2n) is 4.17. The molecule has 0 bridgehead atoms. The first-order valence-electron chi connectivity index (χ1n) is 5.53. The Kier molecular flexibility index (Phi) is 2.56. The molecule has 1 aromatic carbocycles. The van der Waals surface area contributed by atoms with E-state index in [-0.39, 0.29) is 11.8 Å². The number of rotatable bonds is 1. The molecule has 1 saturated heterocycles. The number of nitrogens with one attached hydrogen (secondary N) is 1. The second kappa shape index (κ2) is 4.10. The fourth-order valence-electron chi connectivity index (χ4n) is 2.00. The Morgan fingerprint density at radius 3 is 3.00 bits per heavy atom. The average Bonchev–Trinajstić information content (AvgIpc) is 2.71. The van der Waals surface area contributed by atoms with Gasteiger partial charge in [0.1, 0.15) is 11.4 Å². The largest absolute Gasteiger partial charge is 0.440 e. The number of fused-ring (bicyclic) bond motifs is 1. The Morgan fingerprint density at radius 2 is 2.22 bits per heavy atom. The standard InChI is InChI=1S/C12H9ClN2O3/c13-6-1-3-9-8(5-6)14-12(18-9)7-2-4-10(16)15-11(7)17/h1,3,5,7H,2,4H2,(H,15,16,17).